The molecule has 0 unspecified atom stereocenters. The van der Waals surface area contributed by atoms with Crippen LogP contribution in [-0.4, -0.2) is 19.0 Å². The third kappa shape index (κ3) is 2.68. The number of anilines is 1. The van der Waals surface area contributed by atoms with E-state index < -0.39 is 5.97 Å². The van der Waals surface area contributed by atoms with Gasteiger partial charge in [-0.1, -0.05) is 13.8 Å². The van der Waals surface area contributed by atoms with E-state index in [9.17, 15) is 9.59 Å². The Labute approximate surface area is 109 Å². The fourth-order valence-corrected chi connectivity index (χ4v) is 2.36. The quantitative estimate of drug-likeness (QED) is 0.851. The van der Waals surface area contributed by atoms with Gasteiger partial charge in [0.15, 0.2) is 0 Å². The van der Waals surface area contributed by atoms with Crippen LogP contribution in [0.25, 0.3) is 0 Å². The second-order valence-electron chi connectivity index (χ2n) is 4.01. The topological polar surface area (TPSA) is 79.2 Å². The molecule has 0 aliphatic carbocycles. The lowest BCUT2D eigenvalue weighted by molar-refractivity contribution is -0.118. The molecule has 0 radical (unpaired) electrons. The molecular weight excluding hydrogens is 252 g/mol. The first-order valence-corrected chi connectivity index (χ1v) is 6.16. The van der Waals surface area contributed by atoms with Gasteiger partial charge in [-0.3, -0.25) is 4.79 Å². The predicted octanol–water partition coefficient (Wildman–Crippen LogP) is 2.31. The molecule has 1 amide bonds. The van der Waals surface area contributed by atoms with E-state index in [-0.39, 0.29) is 11.8 Å². The SMILES string of the molecule is COC(=O)c1sc(NC(=O)C(C)C)c(C#N)c1C. The first-order valence-electron chi connectivity index (χ1n) is 5.35. The lowest BCUT2D eigenvalue weighted by atomic mass is 10.1. The molecule has 1 rings (SSSR count). The minimum atomic E-state index is -0.501. The van der Waals surface area contributed by atoms with Gasteiger partial charge in [-0.2, -0.15) is 5.26 Å². The van der Waals surface area contributed by atoms with E-state index in [4.69, 9.17) is 5.26 Å². The number of carbonyl (C=O) groups excluding carboxylic acids is 2. The van der Waals surface area contributed by atoms with E-state index in [1.165, 1.54) is 7.11 Å². The highest BCUT2D eigenvalue weighted by Crippen LogP contribution is 2.33. The summed E-state index contributed by atoms with van der Waals surface area (Å²) >= 11 is 1.06. The number of methoxy groups -OCH3 is 1. The Morgan fingerprint density at radius 3 is 2.50 bits per heavy atom. The van der Waals surface area contributed by atoms with Crippen molar-refractivity contribution < 1.29 is 14.3 Å². The highest BCUT2D eigenvalue weighted by atomic mass is 32.1. The first kappa shape index (κ1) is 14.2. The molecule has 0 aliphatic rings. The van der Waals surface area contributed by atoms with Gasteiger partial charge in [0.1, 0.15) is 15.9 Å². The van der Waals surface area contributed by atoms with E-state index in [0.29, 0.717) is 21.0 Å². The Hall–Kier alpha value is -1.87. The van der Waals surface area contributed by atoms with Crippen LogP contribution >= 0.6 is 11.3 Å². The summed E-state index contributed by atoms with van der Waals surface area (Å²) in [5.74, 6) is -0.885. The number of ether oxygens (including phenoxy) is 1. The van der Waals surface area contributed by atoms with Crippen molar-refractivity contribution in [1.82, 2.24) is 0 Å². The molecule has 1 aromatic heterocycles. The Morgan fingerprint density at radius 1 is 1.44 bits per heavy atom. The van der Waals surface area contributed by atoms with Crippen LogP contribution in [0.2, 0.25) is 0 Å². The van der Waals surface area contributed by atoms with Crippen molar-refractivity contribution in [2.45, 2.75) is 20.8 Å². The van der Waals surface area contributed by atoms with Crippen LogP contribution in [0.1, 0.15) is 34.6 Å². The standard InChI is InChI=1S/C12H14N2O3S/c1-6(2)10(15)14-11-8(5-13)7(3)9(18-11)12(16)17-4/h6H,1-4H3,(H,14,15). The van der Waals surface area contributed by atoms with E-state index in [1.54, 1.807) is 20.8 Å². The molecule has 0 saturated carbocycles. The number of nitriles is 1. The van der Waals surface area contributed by atoms with Gasteiger partial charge in [0.2, 0.25) is 5.91 Å². The highest BCUT2D eigenvalue weighted by Gasteiger charge is 2.22. The van der Waals surface area contributed by atoms with E-state index >= 15 is 0 Å². The third-order valence-electron chi connectivity index (χ3n) is 2.39. The number of hydrogen-bond donors (Lipinski definition) is 1. The number of rotatable bonds is 3. The Balaban J connectivity index is 3.18. The minimum Gasteiger partial charge on any atom is -0.465 e. The van der Waals surface area contributed by atoms with E-state index in [2.05, 4.69) is 10.1 Å². The number of nitrogens with one attached hydrogen (secondary N) is 1. The molecule has 0 saturated heterocycles. The summed E-state index contributed by atoms with van der Waals surface area (Å²) in [6.07, 6.45) is 0. The lowest BCUT2D eigenvalue weighted by Crippen LogP contribution is -2.17. The molecule has 0 bridgehead atoms. The molecule has 0 aromatic carbocycles. The van der Waals surface area contributed by atoms with E-state index in [1.807, 2.05) is 6.07 Å². The summed E-state index contributed by atoms with van der Waals surface area (Å²) < 4.78 is 4.63. The smallest absolute Gasteiger partial charge is 0.348 e. The average molecular weight is 266 g/mol. The Morgan fingerprint density at radius 2 is 2.06 bits per heavy atom. The van der Waals surface area contributed by atoms with Gasteiger partial charge in [-0.25, -0.2) is 4.79 Å². The van der Waals surface area contributed by atoms with Crippen molar-refractivity contribution in [3.63, 3.8) is 0 Å². The van der Waals surface area contributed by atoms with Crippen LogP contribution in [0.15, 0.2) is 0 Å². The summed E-state index contributed by atoms with van der Waals surface area (Å²) in [4.78, 5) is 23.5. The van der Waals surface area contributed by atoms with Crippen molar-refractivity contribution in [3.05, 3.63) is 16.0 Å². The molecular formula is C12H14N2O3S. The van der Waals surface area contributed by atoms with Crippen molar-refractivity contribution in [3.8, 4) is 6.07 Å². The molecule has 1 heterocycles. The van der Waals surface area contributed by atoms with Gasteiger partial charge in [0.25, 0.3) is 0 Å². The molecule has 0 aliphatic heterocycles. The maximum Gasteiger partial charge on any atom is 0.348 e. The number of amides is 1. The zero-order chi connectivity index (χ0) is 13.9. The van der Waals surface area contributed by atoms with Gasteiger partial charge in [0.05, 0.1) is 12.7 Å². The Kier molecular flexibility index (Phi) is 4.45. The van der Waals surface area contributed by atoms with Crippen LogP contribution in [0.5, 0.6) is 0 Å². The van der Waals surface area contributed by atoms with E-state index in [0.717, 1.165) is 11.3 Å². The Bertz CT molecular complexity index is 526. The predicted molar refractivity (Wildman–Crippen MR) is 68.6 cm³/mol. The van der Waals surface area contributed by atoms with Crippen LogP contribution in [0.4, 0.5) is 5.00 Å². The summed E-state index contributed by atoms with van der Waals surface area (Å²) in [6, 6.07) is 2.00. The fourth-order valence-electron chi connectivity index (χ4n) is 1.28. The average Bonchev–Trinajstić information content (AvgIpc) is 2.64. The van der Waals surface area contributed by atoms with Crippen molar-refractivity contribution in [2.24, 2.45) is 5.92 Å². The van der Waals surface area contributed by atoms with Crippen molar-refractivity contribution in [1.29, 1.82) is 5.26 Å². The number of thiophene rings is 1. The number of esters is 1. The summed E-state index contributed by atoms with van der Waals surface area (Å²) in [7, 11) is 1.28. The molecule has 0 fully saturated rings. The monoisotopic (exact) mass is 266 g/mol. The molecule has 0 spiro atoms. The first-order chi connectivity index (χ1) is 8.42. The lowest BCUT2D eigenvalue weighted by Gasteiger charge is -2.05. The summed E-state index contributed by atoms with van der Waals surface area (Å²) in [5, 5.41) is 12.1. The maximum atomic E-state index is 11.6. The maximum absolute atomic E-state index is 11.6. The van der Waals surface area contributed by atoms with Crippen LogP contribution in [-0.2, 0) is 9.53 Å². The van der Waals surface area contributed by atoms with Crippen LogP contribution < -0.4 is 5.32 Å². The van der Waals surface area contributed by atoms with Crippen molar-refractivity contribution in [2.75, 3.05) is 12.4 Å². The molecule has 1 aromatic rings. The van der Waals surface area contributed by atoms with Gasteiger partial charge in [-0.15, -0.1) is 11.3 Å². The van der Waals surface area contributed by atoms with Crippen LogP contribution in [0.3, 0.4) is 0 Å². The van der Waals surface area contributed by atoms with Gasteiger partial charge < -0.3 is 10.1 Å². The normalized spacial score (nSPS) is 10.0. The molecule has 0 atom stereocenters. The fraction of sp³-hybridized carbons (Fsp3) is 0.417. The minimum absolute atomic E-state index is 0.191. The number of hydrogen-bond acceptors (Lipinski definition) is 5. The highest BCUT2D eigenvalue weighted by molar-refractivity contribution is 7.18. The number of carbonyl (C=O) groups is 2. The second-order valence-corrected chi connectivity index (χ2v) is 5.03. The molecule has 6 heteroatoms. The zero-order valence-corrected chi connectivity index (χ0v) is 11.5. The molecule has 1 N–H and O–H groups in total. The van der Waals surface area contributed by atoms with Gasteiger partial charge in [0, 0.05) is 5.92 Å². The number of nitrogens with zero attached hydrogens (tertiary/aromatic N) is 1. The van der Waals surface area contributed by atoms with Crippen molar-refractivity contribution >= 4 is 28.2 Å². The molecule has 5 nitrogen and oxygen atoms in total. The summed E-state index contributed by atoms with van der Waals surface area (Å²) in [5.41, 5.74) is 0.850. The molecule has 96 valence electrons. The van der Waals surface area contributed by atoms with Crippen LogP contribution in [0, 0.1) is 24.2 Å². The zero-order valence-electron chi connectivity index (χ0n) is 10.7. The largest absolute Gasteiger partial charge is 0.465 e. The second kappa shape index (κ2) is 5.65. The van der Waals surface area contributed by atoms with Gasteiger partial charge >= 0.3 is 5.97 Å². The molecule has 18 heavy (non-hydrogen) atoms. The third-order valence-corrected chi connectivity index (χ3v) is 3.58. The van der Waals surface area contributed by atoms with Gasteiger partial charge in [-0.05, 0) is 12.5 Å². The summed E-state index contributed by atoms with van der Waals surface area (Å²) in [6.45, 7) is 5.17.